The molecule has 0 amide bonds. The highest BCUT2D eigenvalue weighted by Crippen LogP contribution is 2.07. The molecular formula is C8H10F2O. The SMILES string of the molecule is CC\C=C/C=C(F)\C(O)=C\F. The van der Waals surface area contributed by atoms with Crippen LogP contribution in [0.5, 0.6) is 0 Å². The van der Waals surface area contributed by atoms with Gasteiger partial charge in [-0.2, -0.15) is 0 Å². The summed E-state index contributed by atoms with van der Waals surface area (Å²) in [7, 11) is 0. The van der Waals surface area contributed by atoms with E-state index < -0.39 is 11.6 Å². The lowest BCUT2D eigenvalue weighted by Crippen LogP contribution is -1.78. The van der Waals surface area contributed by atoms with Crippen molar-refractivity contribution in [2.45, 2.75) is 13.3 Å². The zero-order valence-corrected chi connectivity index (χ0v) is 6.22. The highest BCUT2D eigenvalue weighted by atomic mass is 19.1. The molecule has 0 aromatic carbocycles. The zero-order chi connectivity index (χ0) is 8.69. The Hall–Kier alpha value is -1.12. The van der Waals surface area contributed by atoms with E-state index in [1.807, 2.05) is 6.92 Å². The molecule has 0 aliphatic carbocycles. The van der Waals surface area contributed by atoms with Crippen molar-refractivity contribution in [3.05, 3.63) is 36.1 Å². The van der Waals surface area contributed by atoms with E-state index in [4.69, 9.17) is 5.11 Å². The van der Waals surface area contributed by atoms with Crippen molar-refractivity contribution >= 4 is 0 Å². The Morgan fingerprint density at radius 1 is 1.55 bits per heavy atom. The second-order valence-electron chi connectivity index (χ2n) is 1.85. The third-order valence-corrected chi connectivity index (χ3v) is 0.962. The van der Waals surface area contributed by atoms with Crippen LogP contribution in [-0.4, -0.2) is 5.11 Å². The topological polar surface area (TPSA) is 20.2 Å². The van der Waals surface area contributed by atoms with E-state index >= 15 is 0 Å². The molecule has 0 fully saturated rings. The van der Waals surface area contributed by atoms with E-state index in [0.29, 0.717) is 0 Å². The van der Waals surface area contributed by atoms with Crippen LogP contribution in [0.4, 0.5) is 8.78 Å². The fourth-order valence-electron chi connectivity index (χ4n) is 0.426. The van der Waals surface area contributed by atoms with Gasteiger partial charge in [0.05, 0.1) is 0 Å². The summed E-state index contributed by atoms with van der Waals surface area (Å²) in [6, 6.07) is 0. The maximum Gasteiger partial charge on any atom is 0.180 e. The monoisotopic (exact) mass is 160 g/mol. The number of rotatable bonds is 3. The third-order valence-electron chi connectivity index (χ3n) is 0.962. The van der Waals surface area contributed by atoms with Crippen LogP contribution in [0.15, 0.2) is 36.1 Å². The molecule has 0 aliphatic heterocycles. The molecular weight excluding hydrogens is 150 g/mol. The molecule has 3 heteroatoms. The summed E-state index contributed by atoms with van der Waals surface area (Å²) in [5.74, 6) is -1.96. The van der Waals surface area contributed by atoms with E-state index in [1.54, 1.807) is 6.08 Å². The van der Waals surface area contributed by atoms with Crippen LogP contribution in [0.25, 0.3) is 0 Å². The van der Waals surface area contributed by atoms with Crippen LogP contribution in [0, 0.1) is 0 Å². The maximum absolute atomic E-state index is 12.4. The number of aliphatic hydroxyl groups excluding tert-OH is 1. The number of allylic oxidation sites excluding steroid dienone is 4. The molecule has 0 saturated carbocycles. The van der Waals surface area contributed by atoms with Gasteiger partial charge in [-0.1, -0.05) is 19.1 Å². The van der Waals surface area contributed by atoms with E-state index in [0.717, 1.165) is 12.5 Å². The van der Waals surface area contributed by atoms with Gasteiger partial charge >= 0.3 is 0 Å². The van der Waals surface area contributed by atoms with Crippen molar-refractivity contribution in [1.82, 2.24) is 0 Å². The highest BCUT2D eigenvalue weighted by molar-refractivity contribution is 5.21. The molecule has 62 valence electrons. The average molecular weight is 160 g/mol. The molecule has 0 radical (unpaired) electrons. The van der Waals surface area contributed by atoms with Gasteiger partial charge in [0.2, 0.25) is 0 Å². The first-order chi connectivity index (χ1) is 5.22. The number of halogens is 2. The molecule has 0 aliphatic rings. The van der Waals surface area contributed by atoms with Crippen LogP contribution in [0.2, 0.25) is 0 Å². The summed E-state index contributed by atoms with van der Waals surface area (Å²) in [6.45, 7) is 1.88. The molecule has 0 spiro atoms. The van der Waals surface area contributed by atoms with Crippen LogP contribution in [-0.2, 0) is 0 Å². The lowest BCUT2D eigenvalue weighted by Gasteiger charge is -1.88. The maximum atomic E-state index is 12.4. The molecule has 0 unspecified atom stereocenters. The zero-order valence-electron chi connectivity index (χ0n) is 6.22. The van der Waals surface area contributed by atoms with E-state index in [1.165, 1.54) is 6.08 Å². The number of hydrogen-bond donors (Lipinski definition) is 1. The molecule has 0 atom stereocenters. The Bertz CT molecular complexity index is 192. The molecule has 0 heterocycles. The van der Waals surface area contributed by atoms with Gasteiger partial charge in [-0.3, -0.25) is 0 Å². The molecule has 0 bridgehead atoms. The van der Waals surface area contributed by atoms with Crippen molar-refractivity contribution in [2.24, 2.45) is 0 Å². The first kappa shape index (κ1) is 9.88. The Kier molecular flexibility index (Phi) is 5.07. The molecule has 11 heavy (non-hydrogen) atoms. The van der Waals surface area contributed by atoms with Crippen LogP contribution in [0.1, 0.15) is 13.3 Å². The minimum atomic E-state index is -0.981. The molecule has 1 N–H and O–H groups in total. The van der Waals surface area contributed by atoms with E-state index in [-0.39, 0.29) is 6.33 Å². The van der Waals surface area contributed by atoms with Gasteiger partial charge < -0.3 is 5.11 Å². The van der Waals surface area contributed by atoms with E-state index in [9.17, 15) is 8.78 Å². The lowest BCUT2D eigenvalue weighted by atomic mass is 10.3. The van der Waals surface area contributed by atoms with Gasteiger partial charge in [-0.15, -0.1) is 0 Å². The smallest absolute Gasteiger partial charge is 0.180 e. The van der Waals surface area contributed by atoms with Gasteiger partial charge in [0, 0.05) is 0 Å². The molecule has 1 nitrogen and oxygen atoms in total. The largest absolute Gasteiger partial charge is 0.503 e. The highest BCUT2D eigenvalue weighted by Gasteiger charge is 1.97. The Morgan fingerprint density at radius 2 is 2.18 bits per heavy atom. The minimum absolute atomic E-state index is 0.189. The fraction of sp³-hybridized carbons (Fsp3) is 0.250. The van der Waals surface area contributed by atoms with Gasteiger partial charge in [-0.05, 0) is 12.5 Å². The normalized spacial score (nSPS) is 14.5. The van der Waals surface area contributed by atoms with Crippen LogP contribution < -0.4 is 0 Å². The fourth-order valence-corrected chi connectivity index (χ4v) is 0.426. The summed E-state index contributed by atoms with van der Waals surface area (Å²) in [6.07, 6.45) is 4.67. The molecule has 0 aromatic rings. The number of hydrogen-bond acceptors (Lipinski definition) is 1. The standard InChI is InChI=1S/C8H10F2O/c1-2-3-4-5-7(10)8(11)6-9/h3-6,11H,2H2,1H3/b4-3-,7-5+,8-6-. The average Bonchev–Trinajstić information content (AvgIpc) is 2.03. The van der Waals surface area contributed by atoms with Crippen molar-refractivity contribution in [2.75, 3.05) is 0 Å². The minimum Gasteiger partial charge on any atom is -0.503 e. The number of aliphatic hydroxyl groups is 1. The Labute approximate surface area is 64.4 Å². The van der Waals surface area contributed by atoms with Crippen molar-refractivity contribution in [3.8, 4) is 0 Å². The lowest BCUT2D eigenvalue weighted by molar-refractivity contribution is 0.375. The first-order valence-corrected chi connectivity index (χ1v) is 3.24. The summed E-state index contributed by atoms with van der Waals surface area (Å²) in [5, 5.41) is 8.43. The Morgan fingerprint density at radius 3 is 2.64 bits per heavy atom. The quantitative estimate of drug-likeness (QED) is 0.496. The predicted molar refractivity (Wildman–Crippen MR) is 40.4 cm³/mol. The summed E-state index contributed by atoms with van der Waals surface area (Å²) in [4.78, 5) is 0. The van der Waals surface area contributed by atoms with Gasteiger partial charge in [0.1, 0.15) is 6.33 Å². The van der Waals surface area contributed by atoms with Crippen LogP contribution >= 0.6 is 0 Å². The second-order valence-corrected chi connectivity index (χ2v) is 1.85. The second kappa shape index (κ2) is 5.65. The molecule has 0 saturated heterocycles. The summed E-state index contributed by atoms with van der Waals surface area (Å²) >= 11 is 0. The molecule has 0 aromatic heterocycles. The van der Waals surface area contributed by atoms with Gasteiger partial charge in [0.15, 0.2) is 11.6 Å². The van der Waals surface area contributed by atoms with E-state index in [2.05, 4.69) is 0 Å². The van der Waals surface area contributed by atoms with Crippen molar-refractivity contribution in [1.29, 1.82) is 0 Å². The van der Waals surface area contributed by atoms with Gasteiger partial charge in [0.25, 0.3) is 0 Å². The van der Waals surface area contributed by atoms with Gasteiger partial charge in [-0.25, -0.2) is 8.78 Å². The van der Waals surface area contributed by atoms with Crippen molar-refractivity contribution in [3.63, 3.8) is 0 Å². The summed E-state index contributed by atoms with van der Waals surface area (Å²) in [5.41, 5.74) is 0. The van der Waals surface area contributed by atoms with Crippen LogP contribution in [0.3, 0.4) is 0 Å². The Balaban J connectivity index is 4.11. The van der Waals surface area contributed by atoms with Crippen molar-refractivity contribution < 1.29 is 13.9 Å². The molecule has 0 rings (SSSR count). The predicted octanol–water partition coefficient (Wildman–Crippen LogP) is 3.17. The first-order valence-electron chi connectivity index (χ1n) is 3.24. The third kappa shape index (κ3) is 4.31. The summed E-state index contributed by atoms with van der Waals surface area (Å²) < 4.78 is 23.8.